The predicted octanol–water partition coefficient (Wildman–Crippen LogP) is 4.76. The van der Waals surface area contributed by atoms with Crippen molar-refractivity contribution >= 4 is 23.0 Å². The number of hydrogen-bond acceptors (Lipinski definition) is 3. The van der Waals surface area contributed by atoms with Gasteiger partial charge in [-0.25, -0.2) is 0 Å². The highest BCUT2D eigenvalue weighted by Crippen LogP contribution is 2.26. The lowest BCUT2D eigenvalue weighted by atomic mass is 10.1. The lowest BCUT2D eigenvalue weighted by Gasteiger charge is -2.26. The number of benzene rings is 1. The van der Waals surface area contributed by atoms with Crippen molar-refractivity contribution in [3.05, 3.63) is 28.8 Å². The van der Waals surface area contributed by atoms with Gasteiger partial charge in [-0.1, -0.05) is 31.4 Å². The Bertz CT molecular complexity index is 493. The Balaban J connectivity index is 2.32. The van der Waals surface area contributed by atoms with Crippen molar-refractivity contribution < 1.29 is 0 Å². The fourth-order valence-corrected chi connectivity index (χ4v) is 3.23. The molecule has 0 unspecified atom stereocenters. The van der Waals surface area contributed by atoms with E-state index >= 15 is 0 Å². The smallest absolute Gasteiger partial charge is 0.0696 e. The third-order valence-corrected chi connectivity index (χ3v) is 4.45. The van der Waals surface area contributed by atoms with Crippen molar-refractivity contribution in [3.63, 3.8) is 0 Å². The summed E-state index contributed by atoms with van der Waals surface area (Å²) in [5.74, 6) is 0. The first kappa shape index (κ1) is 16.2. The van der Waals surface area contributed by atoms with E-state index in [9.17, 15) is 0 Å². The van der Waals surface area contributed by atoms with Gasteiger partial charge in [0.15, 0.2) is 0 Å². The van der Waals surface area contributed by atoms with Gasteiger partial charge in [-0.2, -0.15) is 5.10 Å². The van der Waals surface area contributed by atoms with Gasteiger partial charge in [-0.05, 0) is 44.4 Å². The molecule has 1 aromatic carbocycles. The fourth-order valence-electron chi connectivity index (χ4n) is 3.06. The summed E-state index contributed by atoms with van der Waals surface area (Å²) in [4.78, 5) is 0. The molecule has 1 aliphatic carbocycles. The first-order chi connectivity index (χ1) is 10.2. The third kappa shape index (κ3) is 3.91. The zero-order chi connectivity index (χ0) is 15.2. The zero-order valence-corrected chi connectivity index (χ0v) is 14.1. The average Bonchev–Trinajstić information content (AvgIpc) is 3.03. The van der Waals surface area contributed by atoms with Crippen molar-refractivity contribution in [1.82, 2.24) is 5.01 Å². The summed E-state index contributed by atoms with van der Waals surface area (Å²) >= 11 is 6.18. The van der Waals surface area contributed by atoms with Crippen molar-refractivity contribution in [1.29, 1.82) is 0 Å². The van der Waals surface area contributed by atoms with Gasteiger partial charge in [0.1, 0.15) is 0 Å². The van der Waals surface area contributed by atoms with Crippen LogP contribution in [0.15, 0.2) is 23.3 Å². The Morgan fingerprint density at radius 3 is 2.62 bits per heavy atom. The number of hydrogen-bond donors (Lipinski definition) is 1. The van der Waals surface area contributed by atoms with Crippen LogP contribution in [0.5, 0.6) is 0 Å². The van der Waals surface area contributed by atoms with Crippen LogP contribution in [0.4, 0.5) is 5.69 Å². The summed E-state index contributed by atoms with van der Waals surface area (Å²) in [6.07, 6.45) is 6.10. The molecule has 21 heavy (non-hydrogen) atoms. The van der Waals surface area contributed by atoms with Crippen LogP contribution < -0.4 is 5.32 Å². The Labute approximate surface area is 133 Å². The van der Waals surface area contributed by atoms with E-state index in [4.69, 9.17) is 16.7 Å². The first-order valence-electron chi connectivity index (χ1n) is 8.01. The molecule has 0 bridgehead atoms. The lowest BCUT2D eigenvalue weighted by molar-refractivity contribution is 0.218. The minimum Gasteiger partial charge on any atom is -0.388 e. The maximum atomic E-state index is 6.18. The zero-order valence-electron chi connectivity index (χ0n) is 13.3. The largest absolute Gasteiger partial charge is 0.388 e. The minimum atomic E-state index is 0.605. The predicted molar refractivity (Wildman–Crippen MR) is 92.5 cm³/mol. The molecule has 0 radical (unpaired) electrons. The molecule has 1 saturated carbocycles. The summed E-state index contributed by atoms with van der Waals surface area (Å²) < 4.78 is 0. The van der Waals surface area contributed by atoms with Gasteiger partial charge in [0.05, 0.1) is 5.71 Å². The molecule has 1 N–H and O–H groups in total. The van der Waals surface area contributed by atoms with Gasteiger partial charge in [0.25, 0.3) is 0 Å². The van der Waals surface area contributed by atoms with Crippen molar-refractivity contribution in [2.45, 2.75) is 52.0 Å². The Morgan fingerprint density at radius 2 is 2.05 bits per heavy atom. The van der Waals surface area contributed by atoms with E-state index < -0.39 is 0 Å². The summed E-state index contributed by atoms with van der Waals surface area (Å²) in [7, 11) is 1.94. The van der Waals surface area contributed by atoms with Crippen LogP contribution in [-0.4, -0.2) is 30.4 Å². The molecule has 1 aliphatic rings. The van der Waals surface area contributed by atoms with E-state index in [-0.39, 0.29) is 0 Å². The molecule has 0 spiro atoms. The molecule has 0 saturated heterocycles. The standard InChI is InChI=1S/C17H26ClN3/c1-4-16(15-12-13(18)10-11-17(15)19-3)20-21(5-2)14-8-6-7-9-14/h10-12,14,19H,4-9H2,1-3H3/b20-16-. The second kappa shape index (κ2) is 7.69. The van der Waals surface area contributed by atoms with Gasteiger partial charge in [-0.3, -0.25) is 5.01 Å². The molecule has 4 heteroatoms. The third-order valence-electron chi connectivity index (χ3n) is 4.22. The number of hydrazone groups is 1. The normalized spacial score (nSPS) is 16.3. The number of nitrogens with zero attached hydrogens (tertiary/aromatic N) is 2. The summed E-state index contributed by atoms with van der Waals surface area (Å²) in [6.45, 7) is 5.30. The minimum absolute atomic E-state index is 0.605. The second-order valence-corrected chi connectivity index (χ2v) is 5.97. The molecular weight excluding hydrogens is 282 g/mol. The van der Waals surface area contributed by atoms with Gasteiger partial charge < -0.3 is 5.32 Å². The number of halogens is 1. The molecular formula is C17H26ClN3. The molecule has 0 heterocycles. The SMILES string of the molecule is CC/C(=N/N(CC)C1CCCC1)c1cc(Cl)ccc1NC. The highest BCUT2D eigenvalue weighted by Gasteiger charge is 2.21. The number of rotatable bonds is 6. The summed E-state index contributed by atoms with van der Waals surface area (Å²) in [6, 6.07) is 6.56. The maximum absolute atomic E-state index is 6.18. The summed E-state index contributed by atoms with van der Waals surface area (Å²) in [5.41, 5.74) is 3.31. The topological polar surface area (TPSA) is 27.6 Å². The van der Waals surface area contributed by atoms with E-state index in [1.54, 1.807) is 0 Å². The Hall–Kier alpha value is -1.22. The van der Waals surface area contributed by atoms with Crippen LogP contribution in [0.1, 0.15) is 51.5 Å². The van der Waals surface area contributed by atoms with Gasteiger partial charge in [-0.15, -0.1) is 0 Å². The lowest BCUT2D eigenvalue weighted by Crippen LogP contribution is -2.29. The number of anilines is 1. The monoisotopic (exact) mass is 307 g/mol. The number of nitrogens with one attached hydrogen (secondary N) is 1. The molecule has 1 aromatic rings. The summed E-state index contributed by atoms with van der Waals surface area (Å²) in [5, 5.41) is 11.2. The van der Waals surface area contributed by atoms with Crippen molar-refractivity contribution in [2.75, 3.05) is 18.9 Å². The quantitative estimate of drug-likeness (QED) is 0.606. The Kier molecular flexibility index (Phi) is 5.92. The molecule has 0 aliphatic heterocycles. The van der Waals surface area contributed by atoms with Crippen LogP contribution in [0, 0.1) is 0 Å². The van der Waals surface area contributed by atoms with Crippen molar-refractivity contribution in [3.8, 4) is 0 Å². The molecule has 0 aromatic heterocycles. The molecule has 2 rings (SSSR count). The van der Waals surface area contributed by atoms with Crippen LogP contribution in [0.2, 0.25) is 5.02 Å². The molecule has 3 nitrogen and oxygen atoms in total. The first-order valence-corrected chi connectivity index (χ1v) is 8.39. The van der Waals surface area contributed by atoms with Crippen molar-refractivity contribution in [2.24, 2.45) is 5.10 Å². The van der Waals surface area contributed by atoms with Crippen LogP contribution in [-0.2, 0) is 0 Å². The van der Waals surface area contributed by atoms with Gasteiger partial charge >= 0.3 is 0 Å². The Morgan fingerprint density at radius 1 is 1.33 bits per heavy atom. The highest BCUT2D eigenvalue weighted by molar-refractivity contribution is 6.31. The van der Waals surface area contributed by atoms with Crippen LogP contribution >= 0.6 is 11.6 Å². The highest BCUT2D eigenvalue weighted by atomic mass is 35.5. The van der Waals surface area contributed by atoms with Crippen LogP contribution in [0.3, 0.4) is 0 Å². The average molecular weight is 308 g/mol. The second-order valence-electron chi connectivity index (χ2n) is 5.53. The fraction of sp³-hybridized carbons (Fsp3) is 0.588. The van der Waals surface area contributed by atoms with E-state index in [2.05, 4.69) is 24.2 Å². The molecule has 1 fully saturated rings. The maximum Gasteiger partial charge on any atom is 0.0696 e. The van der Waals surface area contributed by atoms with E-state index in [1.165, 1.54) is 25.7 Å². The van der Waals surface area contributed by atoms with E-state index in [0.29, 0.717) is 6.04 Å². The van der Waals surface area contributed by atoms with Gasteiger partial charge in [0, 0.05) is 35.9 Å². The van der Waals surface area contributed by atoms with E-state index in [0.717, 1.165) is 35.0 Å². The molecule has 0 atom stereocenters. The van der Waals surface area contributed by atoms with Crippen LogP contribution in [0.25, 0.3) is 0 Å². The molecule has 0 amide bonds. The van der Waals surface area contributed by atoms with Gasteiger partial charge in [0.2, 0.25) is 0 Å². The van der Waals surface area contributed by atoms with E-state index in [1.807, 2.05) is 25.2 Å². The molecule has 116 valence electrons.